The predicted octanol–water partition coefficient (Wildman–Crippen LogP) is 4.64. The van der Waals surface area contributed by atoms with Gasteiger partial charge in [0.15, 0.2) is 0 Å². The number of fused-ring (bicyclic) bond motifs is 1. The number of hydrogen-bond acceptors (Lipinski definition) is 3. The predicted molar refractivity (Wildman–Crippen MR) is 116 cm³/mol. The number of amides is 2. The first-order valence-corrected chi connectivity index (χ1v) is 9.89. The van der Waals surface area contributed by atoms with Gasteiger partial charge in [0.25, 0.3) is 0 Å². The molecule has 2 N–H and O–H groups in total. The Hall–Kier alpha value is -2.99. The van der Waals surface area contributed by atoms with Crippen LogP contribution >= 0.6 is 0 Å². The van der Waals surface area contributed by atoms with Gasteiger partial charge in [0, 0.05) is 43.0 Å². The van der Waals surface area contributed by atoms with Crippen LogP contribution < -0.4 is 15.4 Å². The van der Waals surface area contributed by atoms with Crippen molar-refractivity contribution >= 4 is 22.6 Å². The third kappa shape index (κ3) is 5.99. The van der Waals surface area contributed by atoms with Gasteiger partial charge in [-0.05, 0) is 47.9 Å². The molecule has 3 aromatic rings. The first kappa shape index (κ1) is 20.7. The summed E-state index contributed by atoms with van der Waals surface area (Å²) in [7, 11) is 1.64. The standard InChI is InChI=1S/C23H29N3O3/c1-17(2)16-26-11-10-19-14-20(6-9-22(19)26)25-23(27)24-15-18-4-7-21(8-5-18)29-13-12-28-3/h4-11,14,17H,12-13,15-16H2,1-3H3,(H2,24,25,27). The number of nitrogens with zero attached hydrogens (tertiary/aromatic N) is 1. The van der Waals surface area contributed by atoms with Crippen molar-refractivity contribution in [1.82, 2.24) is 9.88 Å². The third-order valence-corrected chi connectivity index (χ3v) is 4.52. The summed E-state index contributed by atoms with van der Waals surface area (Å²) in [5.74, 6) is 1.37. The van der Waals surface area contributed by atoms with E-state index in [-0.39, 0.29) is 6.03 Å². The summed E-state index contributed by atoms with van der Waals surface area (Å²) >= 11 is 0. The topological polar surface area (TPSA) is 64.5 Å². The molecule has 6 heteroatoms. The van der Waals surface area contributed by atoms with E-state index in [1.54, 1.807) is 7.11 Å². The summed E-state index contributed by atoms with van der Waals surface area (Å²) in [5, 5.41) is 6.90. The highest BCUT2D eigenvalue weighted by Gasteiger charge is 2.06. The van der Waals surface area contributed by atoms with Crippen molar-refractivity contribution in [3.05, 3.63) is 60.3 Å². The lowest BCUT2D eigenvalue weighted by atomic mass is 10.2. The maximum absolute atomic E-state index is 12.2. The minimum absolute atomic E-state index is 0.230. The van der Waals surface area contributed by atoms with Crippen molar-refractivity contribution in [2.45, 2.75) is 26.9 Å². The number of nitrogens with one attached hydrogen (secondary N) is 2. The molecule has 1 aromatic heterocycles. The molecule has 0 spiro atoms. The highest BCUT2D eigenvalue weighted by atomic mass is 16.5. The van der Waals surface area contributed by atoms with E-state index in [2.05, 4.69) is 47.4 Å². The summed E-state index contributed by atoms with van der Waals surface area (Å²) in [6, 6.07) is 15.5. The van der Waals surface area contributed by atoms with Crippen LogP contribution in [0.2, 0.25) is 0 Å². The number of carbonyl (C=O) groups excluding carboxylic acids is 1. The van der Waals surface area contributed by atoms with Crippen molar-refractivity contribution in [2.75, 3.05) is 25.6 Å². The number of aromatic nitrogens is 1. The first-order valence-electron chi connectivity index (χ1n) is 9.89. The number of carbonyl (C=O) groups is 1. The second kappa shape index (κ2) is 9.98. The Balaban J connectivity index is 1.51. The maximum atomic E-state index is 12.2. The van der Waals surface area contributed by atoms with Gasteiger partial charge in [-0.15, -0.1) is 0 Å². The number of hydrogen-bond donors (Lipinski definition) is 2. The number of rotatable bonds is 9. The molecular formula is C23H29N3O3. The fraction of sp³-hybridized carbons (Fsp3) is 0.348. The van der Waals surface area contributed by atoms with Gasteiger partial charge in [0.05, 0.1) is 6.61 Å². The van der Waals surface area contributed by atoms with Crippen LogP contribution in [0.4, 0.5) is 10.5 Å². The van der Waals surface area contributed by atoms with Crippen LogP contribution in [0.25, 0.3) is 10.9 Å². The molecule has 0 atom stereocenters. The fourth-order valence-electron chi connectivity index (χ4n) is 3.13. The summed E-state index contributed by atoms with van der Waals surface area (Å²) in [6.45, 7) is 6.89. The summed E-state index contributed by atoms with van der Waals surface area (Å²) < 4.78 is 12.7. The van der Waals surface area contributed by atoms with Crippen LogP contribution in [-0.4, -0.2) is 30.9 Å². The minimum Gasteiger partial charge on any atom is -0.491 e. The molecule has 0 saturated heterocycles. The number of urea groups is 1. The van der Waals surface area contributed by atoms with Crippen molar-refractivity contribution in [2.24, 2.45) is 5.92 Å². The van der Waals surface area contributed by atoms with Gasteiger partial charge in [-0.25, -0.2) is 4.79 Å². The molecule has 0 fully saturated rings. The number of methoxy groups -OCH3 is 1. The van der Waals surface area contributed by atoms with Gasteiger partial charge in [-0.3, -0.25) is 0 Å². The molecule has 154 valence electrons. The van der Waals surface area contributed by atoms with E-state index in [4.69, 9.17) is 9.47 Å². The molecule has 29 heavy (non-hydrogen) atoms. The van der Waals surface area contributed by atoms with Crippen LogP contribution in [0.15, 0.2) is 54.7 Å². The maximum Gasteiger partial charge on any atom is 0.319 e. The quantitative estimate of drug-likeness (QED) is 0.519. The second-order valence-corrected chi connectivity index (χ2v) is 7.43. The van der Waals surface area contributed by atoms with Crippen molar-refractivity contribution in [3.63, 3.8) is 0 Å². The SMILES string of the molecule is COCCOc1ccc(CNC(=O)Nc2ccc3c(ccn3CC(C)C)c2)cc1. The molecule has 1 heterocycles. The summed E-state index contributed by atoms with van der Waals surface area (Å²) in [4.78, 5) is 12.2. The van der Waals surface area contributed by atoms with Gasteiger partial charge in [0.2, 0.25) is 0 Å². The van der Waals surface area contributed by atoms with Gasteiger partial charge in [0.1, 0.15) is 12.4 Å². The first-order chi connectivity index (χ1) is 14.0. The Morgan fingerprint density at radius 2 is 1.86 bits per heavy atom. The Morgan fingerprint density at radius 1 is 1.07 bits per heavy atom. The highest BCUT2D eigenvalue weighted by molar-refractivity contribution is 5.92. The van der Waals surface area contributed by atoms with Crippen LogP contribution in [0, 0.1) is 5.92 Å². The van der Waals surface area contributed by atoms with E-state index in [9.17, 15) is 4.79 Å². The molecule has 0 aliphatic rings. The van der Waals surface area contributed by atoms with E-state index in [1.165, 1.54) is 5.52 Å². The lowest BCUT2D eigenvalue weighted by molar-refractivity contribution is 0.146. The number of anilines is 1. The zero-order valence-corrected chi connectivity index (χ0v) is 17.3. The van der Waals surface area contributed by atoms with Crippen LogP contribution in [-0.2, 0) is 17.8 Å². The summed E-state index contributed by atoms with van der Waals surface area (Å²) in [6.07, 6.45) is 2.09. The Bertz CT molecular complexity index is 932. The summed E-state index contributed by atoms with van der Waals surface area (Å²) in [5.41, 5.74) is 2.96. The molecule has 0 unspecified atom stereocenters. The third-order valence-electron chi connectivity index (χ3n) is 4.52. The monoisotopic (exact) mass is 395 g/mol. The normalized spacial score (nSPS) is 11.0. The minimum atomic E-state index is -0.230. The molecule has 2 amide bonds. The molecule has 3 rings (SSSR count). The fourth-order valence-corrected chi connectivity index (χ4v) is 3.13. The molecule has 0 aliphatic carbocycles. The van der Waals surface area contributed by atoms with Gasteiger partial charge >= 0.3 is 6.03 Å². The number of ether oxygens (including phenoxy) is 2. The van der Waals surface area contributed by atoms with E-state index < -0.39 is 0 Å². The van der Waals surface area contributed by atoms with Crippen LogP contribution in [0.5, 0.6) is 5.75 Å². The van der Waals surface area contributed by atoms with Crippen molar-refractivity contribution in [1.29, 1.82) is 0 Å². The Labute approximate surface area is 171 Å². The lowest BCUT2D eigenvalue weighted by Gasteiger charge is -2.10. The Morgan fingerprint density at radius 3 is 2.59 bits per heavy atom. The van der Waals surface area contributed by atoms with E-state index in [1.807, 2.05) is 36.4 Å². The Kier molecular flexibility index (Phi) is 7.14. The van der Waals surface area contributed by atoms with Gasteiger partial charge in [-0.1, -0.05) is 26.0 Å². The molecule has 0 bridgehead atoms. The van der Waals surface area contributed by atoms with Crippen molar-refractivity contribution in [3.8, 4) is 5.75 Å². The second-order valence-electron chi connectivity index (χ2n) is 7.43. The van der Waals surface area contributed by atoms with Crippen LogP contribution in [0.1, 0.15) is 19.4 Å². The molecular weight excluding hydrogens is 366 g/mol. The molecule has 6 nitrogen and oxygen atoms in total. The molecule has 0 aliphatic heterocycles. The van der Waals surface area contributed by atoms with Gasteiger partial charge in [-0.2, -0.15) is 0 Å². The van der Waals surface area contributed by atoms with Crippen molar-refractivity contribution < 1.29 is 14.3 Å². The average molecular weight is 396 g/mol. The number of benzene rings is 2. The van der Waals surface area contributed by atoms with Crippen LogP contribution in [0.3, 0.4) is 0 Å². The lowest BCUT2D eigenvalue weighted by Crippen LogP contribution is -2.28. The van der Waals surface area contributed by atoms with E-state index in [0.29, 0.717) is 25.7 Å². The molecule has 2 aromatic carbocycles. The molecule has 0 radical (unpaired) electrons. The largest absolute Gasteiger partial charge is 0.491 e. The van der Waals surface area contributed by atoms with Gasteiger partial charge < -0.3 is 24.7 Å². The smallest absolute Gasteiger partial charge is 0.319 e. The zero-order valence-electron chi connectivity index (χ0n) is 17.3. The molecule has 0 saturated carbocycles. The van der Waals surface area contributed by atoms with E-state index in [0.717, 1.165) is 28.9 Å². The van der Waals surface area contributed by atoms with E-state index >= 15 is 0 Å². The zero-order chi connectivity index (χ0) is 20.6. The highest BCUT2D eigenvalue weighted by Crippen LogP contribution is 2.21. The average Bonchev–Trinajstić information content (AvgIpc) is 3.09.